The van der Waals surface area contributed by atoms with Crippen LogP contribution in [0.4, 0.5) is 5.69 Å². The zero-order valence-corrected chi connectivity index (χ0v) is 27.8. The van der Waals surface area contributed by atoms with Gasteiger partial charge in [-0.1, -0.05) is 36.4 Å². The zero-order chi connectivity index (χ0) is 34.3. The Bertz CT molecular complexity index is 1790. The monoisotopic (exact) mass is 644 g/mol. The van der Waals surface area contributed by atoms with E-state index in [0.717, 1.165) is 0 Å². The SMILES string of the molecule is CC(=O)OC[C@H]1O[C@@H]([C@]2(OC(=O)C(C)(C)C)C(c3[nH]c4ccccc4c3OC(=O)C(C)(C)C)=Nc3ccccc32)C=C[C@@H]1OC(C)=O. The van der Waals surface area contributed by atoms with Crippen LogP contribution in [0.15, 0.2) is 65.7 Å². The van der Waals surface area contributed by atoms with Gasteiger partial charge >= 0.3 is 23.9 Å². The molecule has 248 valence electrons. The number of carbonyl (C=O) groups is 4. The van der Waals surface area contributed by atoms with Gasteiger partial charge in [0.05, 0.1) is 16.5 Å². The summed E-state index contributed by atoms with van der Waals surface area (Å²) in [5.41, 5.74) is -1.29. The lowest BCUT2D eigenvalue weighted by Gasteiger charge is -2.42. The minimum atomic E-state index is -1.74. The second-order valence-corrected chi connectivity index (χ2v) is 13.7. The fourth-order valence-electron chi connectivity index (χ4n) is 5.36. The Morgan fingerprint density at radius 2 is 1.53 bits per heavy atom. The molecule has 2 aliphatic heterocycles. The molecule has 3 heterocycles. The number of nitrogens with zero attached hydrogens (tertiary/aromatic N) is 1. The van der Waals surface area contributed by atoms with Crippen LogP contribution in [-0.4, -0.2) is 59.5 Å². The van der Waals surface area contributed by atoms with Crippen molar-refractivity contribution in [1.29, 1.82) is 0 Å². The maximum atomic E-state index is 13.9. The van der Waals surface area contributed by atoms with Gasteiger partial charge in [-0.2, -0.15) is 0 Å². The smallest absolute Gasteiger partial charge is 0.316 e. The molecule has 11 heteroatoms. The largest absolute Gasteiger partial charge is 0.463 e. The molecule has 0 unspecified atom stereocenters. The number of aliphatic imine (C=N–C) groups is 1. The quantitative estimate of drug-likeness (QED) is 0.190. The molecule has 5 rings (SSSR count). The van der Waals surface area contributed by atoms with Gasteiger partial charge in [0.25, 0.3) is 0 Å². The number of hydrogen-bond acceptors (Lipinski definition) is 10. The molecule has 0 bridgehead atoms. The third-order valence-electron chi connectivity index (χ3n) is 7.77. The van der Waals surface area contributed by atoms with Gasteiger partial charge in [-0.3, -0.25) is 19.2 Å². The van der Waals surface area contributed by atoms with Gasteiger partial charge in [-0.25, -0.2) is 4.99 Å². The highest BCUT2D eigenvalue weighted by Gasteiger charge is 2.57. The summed E-state index contributed by atoms with van der Waals surface area (Å²) in [6.07, 6.45) is 0.348. The molecule has 3 aromatic rings. The van der Waals surface area contributed by atoms with Crippen LogP contribution in [0.3, 0.4) is 0 Å². The summed E-state index contributed by atoms with van der Waals surface area (Å²) in [6.45, 7) is 12.8. The number of H-pyrrole nitrogens is 1. The first-order chi connectivity index (χ1) is 22.0. The number of carbonyl (C=O) groups excluding carboxylic acids is 4. The van der Waals surface area contributed by atoms with Crippen molar-refractivity contribution in [1.82, 2.24) is 4.98 Å². The normalized spacial score (nSPS) is 22.3. The van der Waals surface area contributed by atoms with Crippen LogP contribution in [-0.2, 0) is 43.7 Å². The third-order valence-corrected chi connectivity index (χ3v) is 7.77. The minimum Gasteiger partial charge on any atom is -0.463 e. The van der Waals surface area contributed by atoms with E-state index in [1.54, 1.807) is 71.9 Å². The van der Waals surface area contributed by atoms with Crippen molar-refractivity contribution in [2.45, 2.75) is 79.3 Å². The number of ether oxygens (including phenoxy) is 5. The topological polar surface area (TPSA) is 143 Å². The van der Waals surface area contributed by atoms with E-state index in [1.165, 1.54) is 13.8 Å². The Hall–Kier alpha value is -4.77. The van der Waals surface area contributed by atoms with Gasteiger partial charge in [-0.15, -0.1) is 0 Å². The predicted molar refractivity (Wildman–Crippen MR) is 173 cm³/mol. The fourth-order valence-corrected chi connectivity index (χ4v) is 5.36. The number of benzene rings is 2. The molecular formula is C36H40N2O9. The van der Waals surface area contributed by atoms with Crippen LogP contribution in [0.2, 0.25) is 0 Å². The molecule has 2 aliphatic rings. The first-order valence-corrected chi connectivity index (χ1v) is 15.4. The summed E-state index contributed by atoms with van der Waals surface area (Å²) in [5.74, 6) is -1.91. The van der Waals surface area contributed by atoms with Crippen molar-refractivity contribution in [2.75, 3.05) is 6.61 Å². The van der Waals surface area contributed by atoms with Gasteiger partial charge in [0.15, 0.2) is 5.75 Å². The van der Waals surface area contributed by atoms with Crippen molar-refractivity contribution in [2.24, 2.45) is 15.8 Å². The maximum Gasteiger partial charge on any atom is 0.316 e. The Morgan fingerprint density at radius 3 is 2.19 bits per heavy atom. The molecule has 0 spiro atoms. The molecule has 47 heavy (non-hydrogen) atoms. The summed E-state index contributed by atoms with van der Waals surface area (Å²) in [5, 5.41) is 0.623. The number of aromatic amines is 1. The standard InChI is InChI=1S/C36H40N2O9/c1-20(39)43-19-27-26(44-21(2)40)17-18-28(45-27)36(47-33(42)35(6,7)8)23-14-10-12-16-25(23)38-31(36)29-30(46-32(41)34(3,4)5)22-13-9-11-15-24(22)37-29/h9-18,26-28,37H,19H2,1-8H3/t26-,27+,28+,36-/m0/s1. The van der Waals surface area contributed by atoms with Crippen molar-refractivity contribution < 1.29 is 42.9 Å². The lowest BCUT2D eigenvalue weighted by Crippen LogP contribution is -2.55. The number of rotatable bonds is 7. The second kappa shape index (κ2) is 12.4. The van der Waals surface area contributed by atoms with E-state index < -0.39 is 58.6 Å². The third kappa shape index (κ3) is 6.58. The van der Waals surface area contributed by atoms with E-state index in [4.69, 9.17) is 28.7 Å². The van der Waals surface area contributed by atoms with Gasteiger partial charge < -0.3 is 28.7 Å². The number of hydrogen-bond donors (Lipinski definition) is 1. The number of esters is 4. The molecule has 11 nitrogen and oxygen atoms in total. The van der Waals surface area contributed by atoms with E-state index in [2.05, 4.69) is 4.98 Å². The summed E-state index contributed by atoms with van der Waals surface area (Å²) < 4.78 is 30.1. The van der Waals surface area contributed by atoms with Crippen molar-refractivity contribution >= 4 is 46.2 Å². The average molecular weight is 645 g/mol. The molecule has 4 atom stereocenters. The highest BCUT2D eigenvalue weighted by molar-refractivity contribution is 6.17. The molecule has 0 saturated carbocycles. The molecule has 0 aliphatic carbocycles. The maximum absolute atomic E-state index is 13.9. The summed E-state index contributed by atoms with van der Waals surface area (Å²) >= 11 is 0. The van der Waals surface area contributed by atoms with E-state index in [9.17, 15) is 19.2 Å². The first-order valence-electron chi connectivity index (χ1n) is 15.4. The molecule has 0 saturated heterocycles. The Morgan fingerprint density at radius 1 is 0.872 bits per heavy atom. The molecule has 1 aromatic heterocycles. The second-order valence-electron chi connectivity index (χ2n) is 13.7. The lowest BCUT2D eigenvalue weighted by atomic mass is 9.81. The number of para-hydroxylation sites is 2. The summed E-state index contributed by atoms with van der Waals surface area (Å²) in [7, 11) is 0. The Labute approximate surface area is 273 Å². The van der Waals surface area contributed by atoms with Crippen LogP contribution in [0, 0.1) is 10.8 Å². The highest BCUT2D eigenvalue weighted by Crippen LogP contribution is 2.50. The minimum absolute atomic E-state index is 0.220. The number of nitrogens with one attached hydrogen (secondary N) is 1. The fraction of sp³-hybridized carbons (Fsp3) is 0.417. The van der Waals surface area contributed by atoms with Crippen LogP contribution < -0.4 is 4.74 Å². The van der Waals surface area contributed by atoms with Gasteiger partial charge in [0, 0.05) is 30.3 Å². The predicted octanol–water partition coefficient (Wildman–Crippen LogP) is 5.86. The van der Waals surface area contributed by atoms with Crippen LogP contribution in [0.1, 0.15) is 66.6 Å². The van der Waals surface area contributed by atoms with E-state index in [1.807, 2.05) is 30.3 Å². The zero-order valence-electron chi connectivity index (χ0n) is 27.8. The van der Waals surface area contributed by atoms with Crippen molar-refractivity contribution in [3.05, 3.63) is 71.9 Å². The van der Waals surface area contributed by atoms with Crippen molar-refractivity contribution in [3.8, 4) is 5.75 Å². The van der Waals surface area contributed by atoms with Crippen LogP contribution in [0.25, 0.3) is 10.9 Å². The molecular weight excluding hydrogens is 604 g/mol. The molecule has 0 fully saturated rings. The first kappa shape index (κ1) is 33.6. The Kier molecular flexibility index (Phi) is 8.89. The van der Waals surface area contributed by atoms with E-state index in [-0.39, 0.29) is 18.1 Å². The highest BCUT2D eigenvalue weighted by atomic mass is 16.6. The van der Waals surface area contributed by atoms with Gasteiger partial charge in [0.1, 0.15) is 36.3 Å². The van der Waals surface area contributed by atoms with Crippen LogP contribution >= 0.6 is 0 Å². The van der Waals surface area contributed by atoms with E-state index >= 15 is 0 Å². The molecule has 2 aromatic carbocycles. The summed E-state index contributed by atoms with van der Waals surface area (Å²) in [6, 6.07) is 14.5. The Balaban J connectivity index is 1.77. The average Bonchev–Trinajstić information content (AvgIpc) is 3.51. The number of fused-ring (bicyclic) bond motifs is 2. The summed E-state index contributed by atoms with van der Waals surface area (Å²) in [4.78, 5) is 59.5. The van der Waals surface area contributed by atoms with Crippen LogP contribution in [0.5, 0.6) is 5.75 Å². The van der Waals surface area contributed by atoms with Gasteiger partial charge in [-0.05, 0) is 65.8 Å². The van der Waals surface area contributed by atoms with Crippen molar-refractivity contribution in [3.63, 3.8) is 0 Å². The number of aromatic nitrogens is 1. The lowest BCUT2D eigenvalue weighted by molar-refractivity contribution is -0.189. The van der Waals surface area contributed by atoms with E-state index in [0.29, 0.717) is 27.8 Å². The molecule has 0 radical (unpaired) electrons. The van der Waals surface area contributed by atoms with Gasteiger partial charge in [0.2, 0.25) is 5.60 Å². The molecule has 0 amide bonds. The molecule has 1 N–H and O–H groups in total.